The molecule has 3 amide bonds. The van der Waals surface area contributed by atoms with Crippen molar-refractivity contribution in [2.24, 2.45) is 0 Å². The van der Waals surface area contributed by atoms with Crippen molar-refractivity contribution in [2.75, 3.05) is 38.0 Å². The molecule has 2 aromatic rings. The van der Waals surface area contributed by atoms with Crippen molar-refractivity contribution < 1.29 is 23.5 Å². The Morgan fingerprint density at radius 2 is 1.79 bits per heavy atom. The van der Waals surface area contributed by atoms with Gasteiger partial charge in [0.15, 0.2) is 12.1 Å². The standard InChI is InChI=1S/C25H29FN4O4/c1-3-28-11-13-29(14-12-28)24(32)22-23(19-5-4-6-21(15-19)27-17(2)31)34-25(33)30(22)16-18-7-9-20(26)10-8-18/h4-10,15,22-23H,3,11-14,16H2,1-2H3,(H,27,31). The van der Waals surface area contributed by atoms with Gasteiger partial charge in [0.05, 0.1) is 6.54 Å². The number of nitrogens with zero attached hydrogens (tertiary/aromatic N) is 3. The maximum absolute atomic E-state index is 13.7. The fourth-order valence-corrected chi connectivity index (χ4v) is 4.45. The molecule has 2 aliphatic heterocycles. The lowest BCUT2D eigenvalue weighted by Gasteiger charge is -2.37. The molecule has 180 valence electrons. The molecule has 34 heavy (non-hydrogen) atoms. The van der Waals surface area contributed by atoms with Gasteiger partial charge in [-0.1, -0.05) is 31.2 Å². The topological polar surface area (TPSA) is 82.2 Å². The van der Waals surface area contributed by atoms with E-state index in [0.29, 0.717) is 29.9 Å². The summed E-state index contributed by atoms with van der Waals surface area (Å²) in [5.41, 5.74) is 1.87. The zero-order chi connectivity index (χ0) is 24.2. The molecule has 2 unspecified atom stereocenters. The van der Waals surface area contributed by atoms with Crippen LogP contribution in [0.1, 0.15) is 31.1 Å². The Hall–Kier alpha value is -3.46. The van der Waals surface area contributed by atoms with E-state index in [1.807, 2.05) is 0 Å². The predicted octanol–water partition coefficient (Wildman–Crippen LogP) is 3.01. The zero-order valence-electron chi connectivity index (χ0n) is 19.4. The molecule has 8 nitrogen and oxygen atoms in total. The Morgan fingerprint density at radius 3 is 2.44 bits per heavy atom. The number of rotatable bonds is 6. The molecule has 2 aromatic carbocycles. The zero-order valence-corrected chi connectivity index (χ0v) is 19.4. The first-order valence-corrected chi connectivity index (χ1v) is 11.5. The van der Waals surface area contributed by atoms with E-state index < -0.39 is 18.2 Å². The highest BCUT2D eigenvalue weighted by Gasteiger charge is 2.48. The quantitative estimate of drug-likeness (QED) is 0.705. The molecular formula is C25H29FN4O4. The highest BCUT2D eigenvalue weighted by Crippen LogP contribution is 2.36. The smallest absolute Gasteiger partial charge is 0.411 e. The van der Waals surface area contributed by atoms with Crippen molar-refractivity contribution in [3.05, 3.63) is 65.5 Å². The molecule has 2 aliphatic rings. The first kappa shape index (κ1) is 23.7. The Kier molecular flexibility index (Phi) is 7.12. The molecular weight excluding hydrogens is 439 g/mol. The number of ether oxygens (including phenoxy) is 1. The van der Waals surface area contributed by atoms with E-state index in [4.69, 9.17) is 4.74 Å². The van der Waals surface area contributed by atoms with Crippen LogP contribution >= 0.6 is 0 Å². The van der Waals surface area contributed by atoms with E-state index in [1.165, 1.54) is 24.0 Å². The van der Waals surface area contributed by atoms with Crippen molar-refractivity contribution in [3.8, 4) is 0 Å². The molecule has 0 saturated carbocycles. The van der Waals surface area contributed by atoms with Crippen molar-refractivity contribution in [3.63, 3.8) is 0 Å². The Labute approximate surface area is 198 Å². The molecule has 1 N–H and O–H groups in total. The second-order valence-electron chi connectivity index (χ2n) is 8.57. The lowest BCUT2D eigenvalue weighted by molar-refractivity contribution is -0.138. The van der Waals surface area contributed by atoms with Crippen LogP contribution in [0.25, 0.3) is 0 Å². The lowest BCUT2D eigenvalue weighted by atomic mass is 9.99. The lowest BCUT2D eigenvalue weighted by Crippen LogP contribution is -2.54. The number of likely N-dealkylation sites (N-methyl/N-ethyl adjacent to an activating group) is 1. The monoisotopic (exact) mass is 468 g/mol. The number of cyclic esters (lactones) is 1. The first-order valence-electron chi connectivity index (χ1n) is 11.5. The van der Waals surface area contributed by atoms with Crippen molar-refractivity contribution >= 4 is 23.6 Å². The summed E-state index contributed by atoms with van der Waals surface area (Å²) in [7, 11) is 0. The average Bonchev–Trinajstić information content (AvgIpc) is 3.15. The summed E-state index contributed by atoms with van der Waals surface area (Å²) < 4.78 is 19.1. The molecule has 2 heterocycles. The highest BCUT2D eigenvalue weighted by atomic mass is 19.1. The number of carbonyl (C=O) groups is 3. The molecule has 2 saturated heterocycles. The number of piperazine rings is 1. The van der Waals surface area contributed by atoms with Crippen LogP contribution in [0, 0.1) is 5.82 Å². The fraction of sp³-hybridized carbons (Fsp3) is 0.400. The highest BCUT2D eigenvalue weighted by molar-refractivity contribution is 5.90. The number of hydrogen-bond donors (Lipinski definition) is 1. The van der Waals surface area contributed by atoms with Gasteiger partial charge in [-0.3, -0.25) is 14.5 Å². The second-order valence-corrected chi connectivity index (χ2v) is 8.57. The third-order valence-electron chi connectivity index (χ3n) is 6.27. The van der Waals surface area contributed by atoms with Crippen LogP contribution in [0.2, 0.25) is 0 Å². The summed E-state index contributed by atoms with van der Waals surface area (Å²) in [5.74, 6) is -0.777. The Morgan fingerprint density at radius 1 is 1.09 bits per heavy atom. The predicted molar refractivity (Wildman–Crippen MR) is 124 cm³/mol. The number of anilines is 1. The third-order valence-corrected chi connectivity index (χ3v) is 6.27. The molecule has 2 atom stereocenters. The Balaban J connectivity index is 1.64. The fourth-order valence-electron chi connectivity index (χ4n) is 4.45. The van der Waals surface area contributed by atoms with Crippen LogP contribution < -0.4 is 5.32 Å². The van der Waals surface area contributed by atoms with Crippen LogP contribution in [0.5, 0.6) is 0 Å². The number of nitrogens with one attached hydrogen (secondary N) is 1. The normalized spacial score (nSPS) is 20.9. The summed E-state index contributed by atoms with van der Waals surface area (Å²) in [4.78, 5) is 43.7. The van der Waals surface area contributed by atoms with Crippen molar-refractivity contribution in [1.82, 2.24) is 14.7 Å². The van der Waals surface area contributed by atoms with Crippen LogP contribution in [0.15, 0.2) is 48.5 Å². The van der Waals surface area contributed by atoms with Gasteiger partial charge in [-0.2, -0.15) is 0 Å². The summed E-state index contributed by atoms with van der Waals surface area (Å²) in [6.45, 7) is 7.21. The second kappa shape index (κ2) is 10.2. The van der Waals surface area contributed by atoms with E-state index in [1.54, 1.807) is 41.3 Å². The van der Waals surface area contributed by atoms with E-state index in [-0.39, 0.29) is 24.2 Å². The SMILES string of the molecule is CCN1CCN(C(=O)C2C(c3cccc(NC(C)=O)c3)OC(=O)N2Cc2ccc(F)cc2)CC1. The van der Waals surface area contributed by atoms with E-state index in [0.717, 1.165) is 19.6 Å². The van der Waals surface area contributed by atoms with Gasteiger partial charge >= 0.3 is 6.09 Å². The first-order chi connectivity index (χ1) is 16.4. The van der Waals surface area contributed by atoms with Crippen LogP contribution in [0.4, 0.5) is 14.9 Å². The molecule has 9 heteroatoms. The number of carbonyl (C=O) groups excluding carboxylic acids is 3. The van der Waals surface area contributed by atoms with Gasteiger partial charge in [0.25, 0.3) is 0 Å². The van der Waals surface area contributed by atoms with Crippen LogP contribution in [-0.2, 0) is 20.9 Å². The number of amides is 3. The molecule has 0 spiro atoms. The summed E-state index contributed by atoms with van der Waals surface area (Å²) in [6, 6.07) is 11.9. The minimum absolute atomic E-state index is 0.117. The van der Waals surface area contributed by atoms with Gasteiger partial charge in [-0.15, -0.1) is 0 Å². The van der Waals surface area contributed by atoms with Crippen molar-refractivity contribution in [2.45, 2.75) is 32.5 Å². The largest absolute Gasteiger partial charge is 0.438 e. The van der Waals surface area contributed by atoms with Gasteiger partial charge < -0.3 is 19.9 Å². The molecule has 0 aliphatic carbocycles. The van der Waals surface area contributed by atoms with Gasteiger partial charge in [0.2, 0.25) is 11.8 Å². The van der Waals surface area contributed by atoms with Crippen LogP contribution in [-0.4, -0.2) is 71.4 Å². The average molecular weight is 469 g/mol. The minimum Gasteiger partial charge on any atom is -0.438 e. The molecule has 0 radical (unpaired) electrons. The summed E-state index contributed by atoms with van der Waals surface area (Å²) in [6.07, 6.45) is -1.44. The number of hydrogen-bond acceptors (Lipinski definition) is 5. The van der Waals surface area contributed by atoms with Gasteiger partial charge in [-0.25, -0.2) is 9.18 Å². The van der Waals surface area contributed by atoms with E-state index in [9.17, 15) is 18.8 Å². The van der Waals surface area contributed by atoms with E-state index >= 15 is 0 Å². The molecule has 4 rings (SSSR count). The number of benzene rings is 2. The summed E-state index contributed by atoms with van der Waals surface area (Å²) in [5, 5.41) is 2.73. The van der Waals surface area contributed by atoms with Gasteiger partial charge in [0.1, 0.15) is 5.82 Å². The van der Waals surface area contributed by atoms with Crippen LogP contribution in [0.3, 0.4) is 0 Å². The number of halogens is 1. The Bertz CT molecular complexity index is 1050. The third kappa shape index (κ3) is 5.20. The van der Waals surface area contributed by atoms with Crippen molar-refractivity contribution in [1.29, 1.82) is 0 Å². The maximum atomic E-state index is 13.7. The van der Waals surface area contributed by atoms with Gasteiger partial charge in [-0.05, 0) is 41.9 Å². The molecule has 0 bridgehead atoms. The molecule has 2 fully saturated rings. The van der Waals surface area contributed by atoms with Gasteiger partial charge in [0, 0.05) is 38.8 Å². The molecule has 0 aromatic heterocycles. The van der Waals surface area contributed by atoms with E-state index in [2.05, 4.69) is 17.1 Å². The minimum atomic E-state index is -0.877. The maximum Gasteiger partial charge on any atom is 0.411 e. The summed E-state index contributed by atoms with van der Waals surface area (Å²) >= 11 is 0.